The van der Waals surface area contributed by atoms with Crippen molar-refractivity contribution >= 4 is 0 Å². The third-order valence-corrected chi connectivity index (χ3v) is 3.94. The highest BCUT2D eigenvalue weighted by Crippen LogP contribution is 2.28. The van der Waals surface area contributed by atoms with E-state index in [2.05, 4.69) is 11.8 Å². The molecule has 2 atom stereocenters. The van der Waals surface area contributed by atoms with E-state index in [4.69, 9.17) is 5.73 Å². The van der Waals surface area contributed by atoms with E-state index >= 15 is 0 Å². The van der Waals surface area contributed by atoms with Gasteiger partial charge in [0.1, 0.15) is 5.82 Å². The maximum atomic E-state index is 13.2. The summed E-state index contributed by atoms with van der Waals surface area (Å²) in [5.74, 6) is 0.563. The van der Waals surface area contributed by atoms with Gasteiger partial charge in [0.25, 0.3) is 0 Å². The Morgan fingerprint density at radius 1 is 1.50 bits per heavy atom. The second kappa shape index (κ2) is 5.81. The number of rotatable bonds is 3. The highest BCUT2D eigenvalue weighted by atomic mass is 19.1. The lowest BCUT2D eigenvalue weighted by Gasteiger charge is -2.37. The summed E-state index contributed by atoms with van der Waals surface area (Å²) >= 11 is 0. The molecule has 18 heavy (non-hydrogen) atoms. The molecule has 1 heterocycles. The first-order valence-electron chi connectivity index (χ1n) is 6.82. The largest absolute Gasteiger partial charge is 0.329 e. The molecule has 2 nitrogen and oxygen atoms in total. The van der Waals surface area contributed by atoms with Crippen molar-refractivity contribution in [3.63, 3.8) is 0 Å². The van der Waals surface area contributed by atoms with Gasteiger partial charge in [-0.05, 0) is 55.5 Å². The van der Waals surface area contributed by atoms with Crippen LogP contribution in [-0.2, 0) is 0 Å². The Morgan fingerprint density at radius 2 is 2.28 bits per heavy atom. The zero-order valence-electron chi connectivity index (χ0n) is 11.3. The Labute approximate surface area is 109 Å². The molecule has 2 rings (SSSR count). The predicted octanol–water partition coefficient (Wildman–Crippen LogP) is 2.87. The van der Waals surface area contributed by atoms with E-state index in [1.54, 1.807) is 12.1 Å². The van der Waals surface area contributed by atoms with Crippen LogP contribution < -0.4 is 5.73 Å². The zero-order valence-corrected chi connectivity index (χ0v) is 11.3. The molecule has 0 aromatic heterocycles. The molecule has 2 unspecified atom stereocenters. The second-order valence-electron chi connectivity index (χ2n) is 5.49. The van der Waals surface area contributed by atoms with Crippen molar-refractivity contribution < 1.29 is 4.39 Å². The monoisotopic (exact) mass is 250 g/mol. The van der Waals surface area contributed by atoms with Crippen molar-refractivity contribution in [2.45, 2.75) is 32.7 Å². The van der Waals surface area contributed by atoms with Gasteiger partial charge in [-0.25, -0.2) is 4.39 Å². The van der Waals surface area contributed by atoms with Crippen LogP contribution >= 0.6 is 0 Å². The molecule has 1 aliphatic rings. The molecule has 1 aromatic rings. The number of benzene rings is 1. The number of piperidine rings is 1. The van der Waals surface area contributed by atoms with Crippen molar-refractivity contribution in [2.75, 3.05) is 19.6 Å². The Balaban J connectivity index is 2.21. The summed E-state index contributed by atoms with van der Waals surface area (Å²) in [6, 6.07) is 5.26. The minimum absolute atomic E-state index is 0.168. The molecule has 0 radical (unpaired) electrons. The number of nitrogens with two attached hydrogens (primary N) is 1. The van der Waals surface area contributed by atoms with E-state index in [9.17, 15) is 4.39 Å². The molecule has 1 saturated heterocycles. The van der Waals surface area contributed by atoms with Crippen LogP contribution in [0.25, 0.3) is 0 Å². The first-order valence-corrected chi connectivity index (χ1v) is 6.82. The molecule has 1 aromatic carbocycles. The van der Waals surface area contributed by atoms with E-state index in [1.807, 2.05) is 13.0 Å². The average Bonchev–Trinajstić information content (AvgIpc) is 2.33. The zero-order chi connectivity index (χ0) is 13.1. The van der Waals surface area contributed by atoms with E-state index in [1.165, 1.54) is 18.4 Å². The summed E-state index contributed by atoms with van der Waals surface area (Å²) in [4.78, 5) is 2.45. The summed E-state index contributed by atoms with van der Waals surface area (Å²) < 4.78 is 13.2. The van der Waals surface area contributed by atoms with Gasteiger partial charge in [-0.1, -0.05) is 13.0 Å². The van der Waals surface area contributed by atoms with E-state index in [0.717, 1.165) is 24.6 Å². The van der Waals surface area contributed by atoms with Crippen LogP contribution in [0.15, 0.2) is 18.2 Å². The van der Waals surface area contributed by atoms with Crippen molar-refractivity contribution in [3.8, 4) is 0 Å². The molecule has 0 bridgehead atoms. The third-order valence-electron chi connectivity index (χ3n) is 3.94. The lowest BCUT2D eigenvalue weighted by Crippen LogP contribution is -2.40. The van der Waals surface area contributed by atoms with Gasteiger partial charge in [-0.15, -0.1) is 0 Å². The van der Waals surface area contributed by atoms with Gasteiger partial charge in [-0.2, -0.15) is 0 Å². The maximum absolute atomic E-state index is 13.2. The van der Waals surface area contributed by atoms with Gasteiger partial charge in [0.05, 0.1) is 0 Å². The first kappa shape index (κ1) is 13.5. The van der Waals surface area contributed by atoms with Gasteiger partial charge in [0.2, 0.25) is 0 Å². The number of aryl methyl sites for hydroxylation is 1. The summed E-state index contributed by atoms with van der Waals surface area (Å²) in [5.41, 5.74) is 8.13. The van der Waals surface area contributed by atoms with Crippen molar-refractivity contribution in [1.29, 1.82) is 0 Å². The molecular weight excluding hydrogens is 227 g/mol. The van der Waals surface area contributed by atoms with Gasteiger partial charge in [0.15, 0.2) is 0 Å². The Bertz CT molecular complexity index is 405. The number of hydrogen-bond acceptors (Lipinski definition) is 2. The van der Waals surface area contributed by atoms with E-state index in [-0.39, 0.29) is 11.9 Å². The van der Waals surface area contributed by atoms with Gasteiger partial charge in [-0.3, -0.25) is 4.90 Å². The fourth-order valence-electron chi connectivity index (χ4n) is 2.99. The average molecular weight is 250 g/mol. The highest BCUT2D eigenvalue weighted by molar-refractivity contribution is 5.30. The van der Waals surface area contributed by atoms with Crippen LogP contribution in [0.4, 0.5) is 4.39 Å². The third kappa shape index (κ3) is 2.90. The molecule has 2 N–H and O–H groups in total. The standard InChI is InChI=1S/C15H23FN2/c1-11-4-3-7-18(10-11)15(9-17)14-6-5-13(16)8-12(14)2/h5-6,8,11,15H,3-4,7,9-10,17H2,1-2H3. The fourth-order valence-corrected chi connectivity index (χ4v) is 2.99. The normalized spacial score (nSPS) is 23.0. The minimum Gasteiger partial charge on any atom is -0.329 e. The minimum atomic E-state index is -0.168. The first-order chi connectivity index (χ1) is 8.61. The Kier molecular flexibility index (Phi) is 4.36. The fraction of sp³-hybridized carbons (Fsp3) is 0.600. The summed E-state index contributed by atoms with van der Waals surface area (Å²) in [7, 11) is 0. The van der Waals surface area contributed by atoms with Crippen LogP contribution in [0, 0.1) is 18.7 Å². The van der Waals surface area contributed by atoms with Crippen LogP contribution in [0.5, 0.6) is 0 Å². The number of halogens is 1. The van der Waals surface area contributed by atoms with Gasteiger partial charge >= 0.3 is 0 Å². The maximum Gasteiger partial charge on any atom is 0.123 e. The van der Waals surface area contributed by atoms with Crippen LogP contribution in [0.3, 0.4) is 0 Å². The molecule has 100 valence electrons. The molecule has 0 saturated carbocycles. The molecular formula is C15H23FN2. The van der Waals surface area contributed by atoms with Crippen molar-refractivity contribution in [2.24, 2.45) is 11.7 Å². The van der Waals surface area contributed by atoms with Gasteiger partial charge < -0.3 is 5.73 Å². The topological polar surface area (TPSA) is 29.3 Å². The lowest BCUT2D eigenvalue weighted by atomic mass is 9.94. The van der Waals surface area contributed by atoms with Crippen LogP contribution in [0.2, 0.25) is 0 Å². The molecule has 3 heteroatoms. The highest BCUT2D eigenvalue weighted by Gasteiger charge is 2.25. The quantitative estimate of drug-likeness (QED) is 0.893. The second-order valence-corrected chi connectivity index (χ2v) is 5.49. The number of nitrogens with zero attached hydrogens (tertiary/aromatic N) is 1. The number of hydrogen-bond donors (Lipinski definition) is 1. The predicted molar refractivity (Wildman–Crippen MR) is 72.9 cm³/mol. The van der Waals surface area contributed by atoms with Crippen molar-refractivity contribution in [3.05, 3.63) is 35.1 Å². The van der Waals surface area contributed by atoms with E-state index in [0.29, 0.717) is 6.54 Å². The Morgan fingerprint density at radius 3 is 2.89 bits per heavy atom. The smallest absolute Gasteiger partial charge is 0.123 e. The molecule has 0 amide bonds. The van der Waals surface area contributed by atoms with E-state index < -0.39 is 0 Å². The van der Waals surface area contributed by atoms with Crippen molar-refractivity contribution in [1.82, 2.24) is 4.90 Å². The molecule has 1 aliphatic heterocycles. The summed E-state index contributed by atoms with van der Waals surface area (Å²) in [6.07, 6.45) is 2.54. The summed E-state index contributed by atoms with van der Waals surface area (Å²) in [5, 5.41) is 0. The number of likely N-dealkylation sites (tertiary alicyclic amines) is 1. The lowest BCUT2D eigenvalue weighted by molar-refractivity contribution is 0.133. The van der Waals surface area contributed by atoms with Crippen LogP contribution in [-0.4, -0.2) is 24.5 Å². The Hall–Kier alpha value is -0.930. The molecule has 0 spiro atoms. The molecule has 0 aliphatic carbocycles. The molecule has 1 fully saturated rings. The van der Waals surface area contributed by atoms with Crippen LogP contribution in [0.1, 0.15) is 36.9 Å². The van der Waals surface area contributed by atoms with Gasteiger partial charge in [0, 0.05) is 19.1 Å². The summed E-state index contributed by atoms with van der Waals surface area (Å²) in [6.45, 7) is 7.05. The SMILES string of the molecule is Cc1cc(F)ccc1C(CN)N1CCCC(C)C1.